The van der Waals surface area contributed by atoms with Crippen LogP contribution in [0.25, 0.3) is 10.9 Å². The van der Waals surface area contributed by atoms with E-state index in [9.17, 15) is 4.79 Å². The summed E-state index contributed by atoms with van der Waals surface area (Å²) in [5, 5.41) is 0.740. The summed E-state index contributed by atoms with van der Waals surface area (Å²) in [6, 6.07) is 4.19. The maximum absolute atomic E-state index is 12.3. The van der Waals surface area contributed by atoms with Crippen molar-refractivity contribution in [1.82, 2.24) is 9.55 Å². The van der Waals surface area contributed by atoms with Gasteiger partial charge >= 0.3 is 0 Å². The summed E-state index contributed by atoms with van der Waals surface area (Å²) in [7, 11) is 0. The molecule has 1 aromatic heterocycles. The molecule has 1 aromatic carbocycles. The fourth-order valence-corrected chi connectivity index (χ4v) is 2.30. The van der Waals surface area contributed by atoms with E-state index in [1.54, 1.807) is 10.9 Å². The minimum absolute atomic E-state index is 0.0892. The van der Waals surface area contributed by atoms with Crippen molar-refractivity contribution < 1.29 is 0 Å². The molecular formula is C12H11BrN2O. The summed E-state index contributed by atoms with van der Waals surface area (Å²) in [5.41, 5.74) is 1.85. The SMILES string of the molecule is Cc1c(Br)ccc2ncn(C3CC3)c(=O)c12. The van der Waals surface area contributed by atoms with Gasteiger partial charge in [-0.3, -0.25) is 9.36 Å². The Bertz CT molecular complexity index is 629. The van der Waals surface area contributed by atoms with Gasteiger partial charge in [-0.1, -0.05) is 15.9 Å². The van der Waals surface area contributed by atoms with E-state index in [-0.39, 0.29) is 5.56 Å². The summed E-state index contributed by atoms with van der Waals surface area (Å²) in [5.74, 6) is 0. The molecule has 1 saturated carbocycles. The highest BCUT2D eigenvalue weighted by atomic mass is 79.9. The van der Waals surface area contributed by atoms with E-state index >= 15 is 0 Å². The Kier molecular flexibility index (Phi) is 2.14. The third kappa shape index (κ3) is 1.40. The van der Waals surface area contributed by atoms with Crippen molar-refractivity contribution in [3.05, 3.63) is 38.9 Å². The molecule has 0 N–H and O–H groups in total. The molecule has 3 rings (SSSR count). The van der Waals surface area contributed by atoms with Crippen molar-refractivity contribution in [3.63, 3.8) is 0 Å². The van der Waals surface area contributed by atoms with Crippen LogP contribution in [0.1, 0.15) is 24.4 Å². The van der Waals surface area contributed by atoms with Crippen LogP contribution in [0.5, 0.6) is 0 Å². The second-order valence-corrected chi connectivity index (χ2v) is 5.11. The number of hydrogen-bond donors (Lipinski definition) is 0. The summed E-state index contributed by atoms with van der Waals surface area (Å²) in [6.07, 6.45) is 3.87. The fraction of sp³-hybridized carbons (Fsp3) is 0.333. The number of fused-ring (bicyclic) bond motifs is 1. The van der Waals surface area contributed by atoms with E-state index in [0.717, 1.165) is 33.8 Å². The van der Waals surface area contributed by atoms with Gasteiger partial charge < -0.3 is 0 Å². The lowest BCUT2D eigenvalue weighted by Gasteiger charge is -2.07. The highest BCUT2D eigenvalue weighted by Crippen LogP contribution is 2.33. The van der Waals surface area contributed by atoms with Crippen LogP contribution in [0.3, 0.4) is 0 Å². The normalized spacial score (nSPS) is 15.6. The number of benzene rings is 1. The molecular weight excluding hydrogens is 268 g/mol. The van der Waals surface area contributed by atoms with E-state index < -0.39 is 0 Å². The van der Waals surface area contributed by atoms with Crippen LogP contribution in [0.15, 0.2) is 27.7 Å². The first kappa shape index (κ1) is 10.0. The van der Waals surface area contributed by atoms with Crippen LogP contribution in [0.4, 0.5) is 0 Å². The van der Waals surface area contributed by atoms with Crippen molar-refractivity contribution in [2.24, 2.45) is 0 Å². The second kappa shape index (κ2) is 3.42. The van der Waals surface area contributed by atoms with Crippen molar-refractivity contribution in [3.8, 4) is 0 Å². The summed E-state index contributed by atoms with van der Waals surface area (Å²) >= 11 is 3.45. The lowest BCUT2D eigenvalue weighted by molar-refractivity contribution is 0.698. The molecule has 4 heteroatoms. The monoisotopic (exact) mass is 278 g/mol. The van der Waals surface area contributed by atoms with Crippen LogP contribution in [0.2, 0.25) is 0 Å². The third-order valence-electron chi connectivity index (χ3n) is 3.09. The van der Waals surface area contributed by atoms with Gasteiger partial charge in [-0.15, -0.1) is 0 Å². The van der Waals surface area contributed by atoms with E-state index in [0.29, 0.717) is 6.04 Å². The van der Waals surface area contributed by atoms with E-state index in [1.165, 1.54) is 0 Å². The minimum atomic E-state index is 0.0892. The Morgan fingerprint density at radius 1 is 1.44 bits per heavy atom. The van der Waals surface area contributed by atoms with Gasteiger partial charge in [0.1, 0.15) is 0 Å². The van der Waals surface area contributed by atoms with Gasteiger partial charge in [-0.05, 0) is 37.5 Å². The molecule has 0 atom stereocenters. The van der Waals surface area contributed by atoms with Crippen molar-refractivity contribution >= 4 is 26.8 Å². The summed E-state index contributed by atoms with van der Waals surface area (Å²) < 4.78 is 2.73. The lowest BCUT2D eigenvalue weighted by Crippen LogP contribution is -2.20. The molecule has 0 saturated heterocycles. The first-order valence-electron chi connectivity index (χ1n) is 5.34. The Hall–Kier alpha value is -1.16. The Labute approximate surface area is 101 Å². The zero-order valence-electron chi connectivity index (χ0n) is 8.90. The molecule has 2 aromatic rings. The number of halogens is 1. The number of nitrogens with zero attached hydrogens (tertiary/aromatic N) is 2. The Morgan fingerprint density at radius 2 is 2.19 bits per heavy atom. The predicted octanol–water partition coefficient (Wildman–Crippen LogP) is 2.80. The zero-order valence-corrected chi connectivity index (χ0v) is 10.5. The van der Waals surface area contributed by atoms with Gasteiger partial charge in [0, 0.05) is 10.5 Å². The lowest BCUT2D eigenvalue weighted by atomic mass is 10.1. The maximum Gasteiger partial charge on any atom is 0.261 e. The number of aryl methyl sites for hydroxylation is 1. The summed E-state index contributed by atoms with van der Waals surface area (Å²) in [4.78, 5) is 16.6. The third-order valence-corrected chi connectivity index (χ3v) is 3.95. The molecule has 0 radical (unpaired) electrons. The smallest absolute Gasteiger partial charge is 0.261 e. The van der Waals surface area contributed by atoms with Gasteiger partial charge in [-0.25, -0.2) is 4.98 Å². The summed E-state index contributed by atoms with van der Waals surface area (Å²) in [6.45, 7) is 1.95. The fourth-order valence-electron chi connectivity index (χ4n) is 1.97. The number of hydrogen-bond acceptors (Lipinski definition) is 2. The van der Waals surface area contributed by atoms with Crippen molar-refractivity contribution in [2.75, 3.05) is 0 Å². The molecule has 1 aliphatic rings. The van der Waals surface area contributed by atoms with Gasteiger partial charge in [-0.2, -0.15) is 0 Å². The van der Waals surface area contributed by atoms with Crippen molar-refractivity contribution in [1.29, 1.82) is 0 Å². The molecule has 0 amide bonds. The topological polar surface area (TPSA) is 34.9 Å². The van der Waals surface area contributed by atoms with Crippen LogP contribution >= 0.6 is 15.9 Å². The average molecular weight is 279 g/mol. The van der Waals surface area contributed by atoms with Gasteiger partial charge in [0.2, 0.25) is 0 Å². The van der Waals surface area contributed by atoms with Crippen LogP contribution in [0, 0.1) is 6.92 Å². The molecule has 0 unspecified atom stereocenters. The van der Waals surface area contributed by atoms with E-state index in [1.807, 2.05) is 19.1 Å². The molecule has 1 fully saturated rings. The zero-order chi connectivity index (χ0) is 11.3. The molecule has 0 bridgehead atoms. The Balaban J connectivity index is 2.41. The number of aromatic nitrogens is 2. The highest BCUT2D eigenvalue weighted by Gasteiger charge is 2.25. The molecule has 0 aliphatic heterocycles. The van der Waals surface area contributed by atoms with Gasteiger partial charge in [0.25, 0.3) is 5.56 Å². The van der Waals surface area contributed by atoms with E-state index in [4.69, 9.17) is 0 Å². The molecule has 1 aliphatic carbocycles. The van der Waals surface area contributed by atoms with Crippen LogP contribution in [-0.4, -0.2) is 9.55 Å². The van der Waals surface area contributed by atoms with Crippen LogP contribution < -0.4 is 5.56 Å². The van der Waals surface area contributed by atoms with E-state index in [2.05, 4.69) is 20.9 Å². The van der Waals surface area contributed by atoms with Gasteiger partial charge in [0.05, 0.1) is 17.2 Å². The quantitative estimate of drug-likeness (QED) is 0.804. The van der Waals surface area contributed by atoms with Crippen LogP contribution in [-0.2, 0) is 0 Å². The standard InChI is InChI=1S/C12H11BrN2O/c1-7-9(13)4-5-10-11(7)12(16)15(6-14-10)8-2-3-8/h4-6,8H,2-3H2,1H3. The molecule has 0 spiro atoms. The predicted molar refractivity (Wildman–Crippen MR) is 66.7 cm³/mol. The van der Waals surface area contributed by atoms with Gasteiger partial charge in [0.15, 0.2) is 0 Å². The Morgan fingerprint density at radius 3 is 2.88 bits per heavy atom. The molecule has 82 valence electrons. The molecule has 3 nitrogen and oxygen atoms in total. The highest BCUT2D eigenvalue weighted by molar-refractivity contribution is 9.10. The molecule has 16 heavy (non-hydrogen) atoms. The number of rotatable bonds is 1. The average Bonchev–Trinajstić information content (AvgIpc) is 3.07. The first-order valence-corrected chi connectivity index (χ1v) is 6.14. The van der Waals surface area contributed by atoms with Crippen molar-refractivity contribution in [2.45, 2.75) is 25.8 Å². The maximum atomic E-state index is 12.3. The minimum Gasteiger partial charge on any atom is -0.296 e. The first-order chi connectivity index (χ1) is 7.68. The molecule has 1 heterocycles. The largest absolute Gasteiger partial charge is 0.296 e. The second-order valence-electron chi connectivity index (χ2n) is 4.25.